The zero-order chi connectivity index (χ0) is 27.3. The number of amides is 1. The number of carbonyl (C=O) groups is 1. The molecule has 1 amide bonds. The molecule has 180 valence electrons. The van der Waals surface area contributed by atoms with Gasteiger partial charge in [-0.25, -0.2) is 8.78 Å². The van der Waals surface area contributed by atoms with Crippen LogP contribution in [0.1, 0.15) is 28.0 Å². The van der Waals surface area contributed by atoms with Crippen molar-refractivity contribution in [3.63, 3.8) is 0 Å². The van der Waals surface area contributed by atoms with Crippen LogP contribution in [0, 0.1) is 5.82 Å². The summed E-state index contributed by atoms with van der Waals surface area (Å²) < 4.78 is 30.4. The van der Waals surface area contributed by atoms with Crippen LogP contribution in [0.5, 0.6) is 0 Å². The molecule has 1 aliphatic heterocycles. The molecule has 36 heavy (non-hydrogen) atoms. The lowest BCUT2D eigenvalue weighted by atomic mass is 9.39. The summed E-state index contributed by atoms with van der Waals surface area (Å²) in [5.41, 5.74) is 0.695. The lowest BCUT2D eigenvalue weighted by Crippen LogP contribution is -2.69. The molecular weight excluding hydrogens is 469 g/mol. The Morgan fingerprint density at radius 3 is 2.28 bits per heavy atom. The molecule has 4 nitrogen and oxygen atoms in total. The van der Waals surface area contributed by atoms with Crippen LogP contribution in [0.4, 0.5) is 8.78 Å². The second-order valence-corrected chi connectivity index (χ2v) is 13.4. The van der Waals surface area contributed by atoms with Gasteiger partial charge in [-0.1, -0.05) is 22.8 Å². The van der Waals surface area contributed by atoms with Gasteiger partial charge in [0.15, 0.2) is 0 Å². The standard InChI is InChI=1S/C20H31B9ClF2N3O/c21-17(22)9-35(15(36)10-1-3-13(31)12(30)5-10)18(23,24)7-16(17,32)8-34-20(28,29)14-4-2-11(6-33-14)19(25,26)27/h1-6,34H,7-9,21-29H2. The van der Waals surface area contributed by atoms with Crippen molar-refractivity contribution >= 4 is 88.1 Å². The first-order valence-electron chi connectivity index (χ1n) is 12.5. The highest BCUT2D eigenvalue weighted by molar-refractivity contribution is 6.58. The Bertz CT molecular complexity index is 1150. The second-order valence-electron chi connectivity index (χ2n) is 13.0. The van der Waals surface area contributed by atoms with E-state index in [4.69, 9.17) is 11.6 Å². The van der Waals surface area contributed by atoms with E-state index in [9.17, 15) is 9.18 Å². The second kappa shape index (κ2) is 9.69. The predicted octanol–water partition coefficient (Wildman–Crippen LogP) is -5.59. The summed E-state index contributed by atoms with van der Waals surface area (Å²) in [6.45, 7) is 0.328. The summed E-state index contributed by atoms with van der Waals surface area (Å²) in [5.74, 6) is -0.862. The summed E-state index contributed by atoms with van der Waals surface area (Å²) in [5, 5.41) is 1.18. The van der Waals surface area contributed by atoms with Gasteiger partial charge in [0, 0.05) is 30.5 Å². The van der Waals surface area contributed by atoms with Gasteiger partial charge < -0.3 is 10.2 Å². The van der Waals surface area contributed by atoms with E-state index >= 15 is 4.39 Å². The molecule has 2 aromatic rings. The monoisotopic (exact) mass is 501 g/mol. The molecule has 1 unspecified atom stereocenters. The van der Waals surface area contributed by atoms with E-state index in [1.54, 1.807) is 4.90 Å². The van der Waals surface area contributed by atoms with Gasteiger partial charge in [0.05, 0.1) is 28.6 Å². The Hall–Kier alpha value is -1.47. The summed E-state index contributed by atoms with van der Waals surface area (Å²) in [6, 6.07) is 8.03. The number of benzene rings is 1. The molecule has 1 N–H and O–H groups in total. The van der Waals surface area contributed by atoms with E-state index in [1.165, 1.54) is 18.2 Å². The third-order valence-electron chi connectivity index (χ3n) is 7.70. The predicted molar refractivity (Wildman–Crippen MR) is 169 cm³/mol. The fourth-order valence-corrected chi connectivity index (χ4v) is 5.04. The normalized spacial score (nSPS) is 21.7. The number of nitrogens with one attached hydrogen (secondary N) is 1. The molecule has 0 saturated carbocycles. The van der Waals surface area contributed by atoms with Crippen molar-refractivity contribution in [1.82, 2.24) is 15.2 Å². The molecule has 0 radical (unpaired) electrons. The first-order chi connectivity index (χ1) is 16.3. The van der Waals surface area contributed by atoms with E-state index in [0.717, 1.165) is 11.3 Å². The van der Waals surface area contributed by atoms with Crippen molar-refractivity contribution in [3.8, 4) is 0 Å². The summed E-state index contributed by atoms with van der Waals surface area (Å²) in [7, 11) is 17.9. The molecule has 1 saturated heterocycles. The van der Waals surface area contributed by atoms with E-state index in [0.29, 0.717) is 5.56 Å². The smallest absolute Gasteiger partial charge is 0.253 e. The number of hydrogen-bond acceptors (Lipinski definition) is 3. The Kier molecular flexibility index (Phi) is 7.83. The van der Waals surface area contributed by atoms with Crippen LogP contribution in [0.15, 0.2) is 36.5 Å². The molecule has 3 rings (SSSR count). The van der Waals surface area contributed by atoms with Gasteiger partial charge in [0.1, 0.15) is 58.6 Å². The highest BCUT2D eigenvalue weighted by Gasteiger charge is 2.56. The Balaban J connectivity index is 1.80. The molecule has 1 aromatic heterocycles. The SMILES string of the molecule is BC(B)(B)c1ccc(C(B)(B)NCC2(F)CC(B)(B)N(C(=O)c3ccc(F)c(Cl)c3)CC2(B)B)nc1. The van der Waals surface area contributed by atoms with Crippen LogP contribution < -0.4 is 5.32 Å². The minimum absolute atomic E-state index is 0.00631. The molecule has 0 aliphatic carbocycles. The zero-order valence-corrected chi connectivity index (χ0v) is 23.8. The molecule has 1 fully saturated rings. The van der Waals surface area contributed by atoms with Gasteiger partial charge in [-0.2, -0.15) is 0 Å². The maximum atomic E-state index is 16.8. The quantitative estimate of drug-likeness (QED) is 0.403. The topological polar surface area (TPSA) is 45.2 Å². The summed E-state index contributed by atoms with van der Waals surface area (Å²) >= 11 is 5.92. The Morgan fingerprint density at radius 1 is 1.11 bits per heavy atom. The summed E-state index contributed by atoms with van der Waals surface area (Å²) in [6.07, 6.45) is 2.04. The highest BCUT2D eigenvalue weighted by Crippen LogP contribution is 2.48. The third-order valence-corrected chi connectivity index (χ3v) is 7.99. The number of rotatable bonds is 6. The third kappa shape index (κ3) is 5.82. The van der Waals surface area contributed by atoms with Gasteiger partial charge in [-0.3, -0.25) is 9.78 Å². The molecule has 1 aromatic carbocycles. The van der Waals surface area contributed by atoms with Crippen molar-refractivity contribution in [3.05, 3.63) is 64.2 Å². The first kappa shape index (κ1) is 29.1. The minimum Gasteiger partial charge on any atom is -0.350 e. The Morgan fingerprint density at radius 2 is 1.75 bits per heavy atom. The Labute approximate surface area is 226 Å². The number of alkyl halides is 1. The maximum Gasteiger partial charge on any atom is 0.253 e. The average molecular weight is 500 g/mol. The largest absolute Gasteiger partial charge is 0.350 e. The number of carbonyl (C=O) groups excluding carboxylic acids is 1. The zero-order valence-electron chi connectivity index (χ0n) is 23.0. The lowest BCUT2D eigenvalue weighted by Gasteiger charge is -2.57. The fourth-order valence-electron chi connectivity index (χ4n) is 4.86. The van der Waals surface area contributed by atoms with Gasteiger partial charge in [-0.15, -0.1) is 0 Å². The fraction of sp³-hybridized carbons (Fsp3) is 0.400. The maximum absolute atomic E-state index is 16.8. The molecule has 16 heteroatoms. The van der Waals surface area contributed by atoms with Crippen molar-refractivity contribution in [1.29, 1.82) is 0 Å². The number of halogens is 3. The number of piperidine rings is 1. The van der Waals surface area contributed by atoms with Gasteiger partial charge >= 0.3 is 0 Å². The van der Waals surface area contributed by atoms with Gasteiger partial charge in [-0.05, 0) is 52.1 Å². The van der Waals surface area contributed by atoms with Crippen molar-refractivity contribution in [2.75, 3.05) is 13.1 Å². The molecule has 2 heterocycles. The highest BCUT2D eigenvalue weighted by atomic mass is 35.5. The van der Waals surface area contributed by atoms with E-state index < -0.39 is 27.4 Å². The molecule has 1 aliphatic rings. The van der Waals surface area contributed by atoms with Crippen LogP contribution in [0.25, 0.3) is 0 Å². The van der Waals surface area contributed by atoms with E-state index in [2.05, 4.69) is 39.9 Å². The molecular formula is C20H31B9ClF2N3O. The van der Waals surface area contributed by atoms with E-state index in [-0.39, 0.29) is 35.6 Å². The number of likely N-dealkylation sites (tertiary alicyclic amines) is 1. The van der Waals surface area contributed by atoms with Gasteiger partial charge in [0.2, 0.25) is 0 Å². The van der Waals surface area contributed by atoms with Crippen molar-refractivity contribution < 1.29 is 13.6 Å². The van der Waals surface area contributed by atoms with Crippen LogP contribution in [-0.4, -0.2) is 111 Å². The number of nitrogens with zero attached hydrogens (tertiary/aromatic N) is 2. The molecule has 0 bridgehead atoms. The summed E-state index contributed by atoms with van der Waals surface area (Å²) in [4.78, 5) is 19.7. The van der Waals surface area contributed by atoms with E-state index in [1.807, 2.05) is 59.3 Å². The minimum atomic E-state index is -1.59. The molecule has 0 spiro atoms. The lowest BCUT2D eigenvalue weighted by molar-refractivity contribution is 0.0147. The number of hydrogen-bond donors (Lipinski definition) is 1. The van der Waals surface area contributed by atoms with Crippen LogP contribution in [-0.2, 0) is 10.5 Å². The van der Waals surface area contributed by atoms with Crippen molar-refractivity contribution in [2.45, 2.75) is 33.1 Å². The number of aromatic nitrogens is 1. The van der Waals surface area contributed by atoms with Crippen molar-refractivity contribution in [2.24, 2.45) is 0 Å². The van der Waals surface area contributed by atoms with Crippen LogP contribution in [0.3, 0.4) is 0 Å². The number of pyridine rings is 1. The first-order valence-corrected chi connectivity index (χ1v) is 12.8. The van der Waals surface area contributed by atoms with Gasteiger partial charge in [0.25, 0.3) is 5.91 Å². The molecule has 1 atom stereocenters. The van der Waals surface area contributed by atoms with Crippen LogP contribution in [0.2, 0.25) is 10.2 Å². The average Bonchev–Trinajstić information content (AvgIpc) is 2.76. The van der Waals surface area contributed by atoms with Crippen LogP contribution >= 0.6 is 11.6 Å².